The first-order valence-corrected chi connectivity index (χ1v) is 4.78. The van der Waals surface area contributed by atoms with Crippen molar-refractivity contribution < 1.29 is 19.4 Å². The van der Waals surface area contributed by atoms with Crippen LogP contribution in [0.25, 0.3) is 0 Å². The van der Waals surface area contributed by atoms with Crippen molar-refractivity contribution in [3.63, 3.8) is 0 Å². The molecule has 5 nitrogen and oxygen atoms in total. The number of amides is 1. The van der Waals surface area contributed by atoms with Gasteiger partial charge in [-0.2, -0.15) is 0 Å². The highest BCUT2D eigenvalue weighted by Gasteiger charge is 2.13. The molecule has 1 amide bonds. The molecule has 0 saturated carbocycles. The maximum atomic E-state index is 10.9. The molecule has 0 aliphatic carbocycles. The third-order valence-electron chi connectivity index (χ3n) is 2.07. The highest BCUT2D eigenvalue weighted by molar-refractivity contribution is 5.89. The SMILES string of the molecule is CC(Cc1ccccc1C(=O)O)OC(N)=O. The van der Waals surface area contributed by atoms with Crippen LogP contribution in [0.4, 0.5) is 4.79 Å². The second-order valence-corrected chi connectivity index (χ2v) is 3.41. The smallest absolute Gasteiger partial charge is 0.404 e. The molecule has 0 saturated heterocycles. The van der Waals surface area contributed by atoms with E-state index < -0.39 is 18.2 Å². The van der Waals surface area contributed by atoms with E-state index in [0.717, 1.165) is 0 Å². The van der Waals surface area contributed by atoms with Gasteiger partial charge in [0.2, 0.25) is 0 Å². The molecular weight excluding hydrogens is 210 g/mol. The van der Waals surface area contributed by atoms with Crippen LogP contribution in [0, 0.1) is 0 Å². The summed E-state index contributed by atoms with van der Waals surface area (Å²) in [6, 6.07) is 6.57. The maximum Gasteiger partial charge on any atom is 0.404 e. The summed E-state index contributed by atoms with van der Waals surface area (Å²) in [6.45, 7) is 1.66. The summed E-state index contributed by atoms with van der Waals surface area (Å²) in [7, 11) is 0. The largest absolute Gasteiger partial charge is 0.478 e. The monoisotopic (exact) mass is 223 g/mol. The Labute approximate surface area is 92.8 Å². The van der Waals surface area contributed by atoms with E-state index in [4.69, 9.17) is 15.6 Å². The number of rotatable bonds is 4. The van der Waals surface area contributed by atoms with E-state index in [9.17, 15) is 9.59 Å². The second-order valence-electron chi connectivity index (χ2n) is 3.41. The molecule has 86 valence electrons. The predicted molar refractivity (Wildman–Crippen MR) is 57.2 cm³/mol. The van der Waals surface area contributed by atoms with Gasteiger partial charge in [0.15, 0.2) is 0 Å². The minimum absolute atomic E-state index is 0.211. The van der Waals surface area contributed by atoms with Crippen molar-refractivity contribution in [3.8, 4) is 0 Å². The van der Waals surface area contributed by atoms with Crippen LogP contribution in [0.2, 0.25) is 0 Å². The maximum absolute atomic E-state index is 10.9. The second kappa shape index (κ2) is 5.16. The molecule has 0 fully saturated rings. The van der Waals surface area contributed by atoms with Gasteiger partial charge in [-0.3, -0.25) is 0 Å². The van der Waals surface area contributed by atoms with Crippen molar-refractivity contribution in [3.05, 3.63) is 35.4 Å². The number of ether oxygens (including phenoxy) is 1. The third kappa shape index (κ3) is 3.27. The van der Waals surface area contributed by atoms with Crippen molar-refractivity contribution in [1.82, 2.24) is 0 Å². The number of primary amides is 1. The third-order valence-corrected chi connectivity index (χ3v) is 2.07. The van der Waals surface area contributed by atoms with Gasteiger partial charge in [-0.15, -0.1) is 0 Å². The number of aromatic carboxylic acids is 1. The number of carboxylic acids is 1. The van der Waals surface area contributed by atoms with E-state index in [0.29, 0.717) is 12.0 Å². The molecule has 1 aromatic carbocycles. The predicted octanol–water partition coefficient (Wildman–Crippen LogP) is 1.41. The summed E-state index contributed by atoms with van der Waals surface area (Å²) < 4.78 is 4.73. The summed E-state index contributed by atoms with van der Waals surface area (Å²) in [6.07, 6.45) is -0.982. The van der Waals surface area contributed by atoms with E-state index in [1.165, 1.54) is 6.07 Å². The van der Waals surface area contributed by atoms with E-state index in [2.05, 4.69) is 0 Å². The summed E-state index contributed by atoms with van der Waals surface area (Å²) in [5, 5.41) is 8.93. The number of hydrogen-bond donors (Lipinski definition) is 2. The van der Waals surface area contributed by atoms with E-state index in [1.807, 2.05) is 0 Å². The van der Waals surface area contributed by atoms with Crippen LogP contribution in [-0.2, 0) is 11.2 Å². The van der Waals surface area contributed by atoms with Gasteiger partial charge in [0, 0.05) is 6.42 Å². The highest BCUT2D eigenvalue weighted by atomic mass is 16.6. The average molecular weight is 223 g/mol. The number of carboxylic acid groups (broad SMARTS) is 1. The summed E-state index contributed by atoms with van der Waals surface area (Å²) >= 11 is 0. The Morgan fingerprint density at radius 1 is 1.44 bits per heavy atom. The van der Waals surface area contributed by atoms with Crippen LogP contribution >= 0.6 is 0 Å². The van der Waals surface area contributed by atoms with Gasteiger partial charge in [0.05, 0.1) is 5.56 Å². The zero-order chi connectivity index (χ0) is 12.1. The molecule has 1 aromatic rings. The molecule has 5 heteroatoms. The number of carbonyl (C=O) groups is 2. The molecule has 3 N–H and O–H groups in total. The normalized spacial score (nSPS) is 11.8. The molecule has 1 rings (SSSR count). The fraction of sp³-hybridized carbons (Fsp3) is 0.273. The fourth-order valence-electron chi connectivity index (χ4n) is 1.46. The van der Waals surface area contributed by atoms with E-state index >= 15 is 0 Å². The lowest BCUT2D eigenvalue weighted by Gasteiger charge is -2.12. The van der Waals surface area contributed by atoms with Crippen LogP contribution in [0.5, 0.6) is 0 Å². The molecule has 0 radical (unpaired) electrons. The molecule has 0 bridgehead atoms. The number of carbonyl (C=O) groups excluding carboxylic acids is 1. The highest BCUT2D eigenvalue weighted by Crippen LogP contribution is 2.12. The van der Waals surface area contributed by atoms with Crippen LogP contribution < -0.4 is 5.73 Å². The topological polar surface area (TPSA) is 89.6 Å². The lowest BCUT2D eigenvalue weighted by Crippen LogP contribution is -2.22. The van der Waals surface area contributed by atoms with Gasteiger partial charge in [-0.05, 0) is 18.6 Å². The van der Waals surface area contributed by atoms with Crippen molar-refractivity contribution in [2.24, 2.45) is 5.73 Å². The Morgan fingerprint density at radius 2 is 2.06 bits per heavy atom. The van der Waals surface area contributed by atoms with Crippen molar-refractivity contribution >= 4 is 12.1 Å². The van der Waals surface area contributed by atoms with Crippen LogP contribution in [0.3, 0.4) is 0 Å². The molecule has 0 aromatic heterocycles. The number of benzene rings is 1. The van der Waals surface area contributed by atoms with Crippen molar-refractivity contribution in [2.45, 2.75) is 19.4 Å². The Morgan fingerprint density at radius 3 is 2.62 bits per heavy atom. The van der Waals surface area contributed by atoms with E-state index in [1.54, 1.807) is 25.1 Å². The van der Waals surface area contributed by atoms with Gasteiger partial charge >= 0.3 is 12.1 Å². The molecule has 16 heavy (non-hydrogen) atoms. The molecular formula is C11H13NO4. The van der Waals surface area contributed by atoms with E-state index in [-0.39, 0.29) is 5.56 Å². The van der Waals surface area contributed by atoms with Gasteiger partial charge in [-0.1, -0.05) is 18.2 Å². The number of hydrogen-bond acceptors (Lipinski definition) is 3. The molecule has 0 aliphatic rings. The molecule has 0 spiro atoms. The Balaban J connectivity index is 2.80. The van der Waals surface area contributed by atoms with Gasteiger partial charge in [0.1, 0.15) is 6.10 Å². The molecule has 0 heterocycles. The minimum Gasteiger partial charge on any atom is -0.478 e. The van der Waals surface area contributed by atoms with Crippen molar-refractivity contribution in [2.75, 3.05) is 0 Å². The Bertz CT molecular complexity index is 403. The quantitative estimate of drug-likeness (QED) is 0.807. The zero-order valence-corrected chi connectivity index (χ0v) is 8.84. The van der Waals surface area contributed by atoms with Gasteiger partial charge < -0.3 is 15.6 Å². The summed E-state index contributed by atoms with van der Waals surface area (Å²) in [5.41, 5.74) is 5.69. The Kier molecular flexibility index (Phi) is 3.88. The van der Waals surface area contributed by atoms with Crippen LogP contribution in [-0.4, -0.2) is 23.3 Å². The molecule has 0 aliphatic heterocycles. The van der Waals surface area contributed by atoms with Crippen molar-refractivity contribution in [1.29, 1.82) is 0 Å². The first kappa shape index (κ1) is 12.0. The zero-order valence-electron chi connectivity index (χ0n) is 8.84. The molecule has 1 unspecified atom stereocenters. The summed E-state index contributed by atoms with van der Waals surface area (Å²) in [4.78, 5) is 21.4. The van der Waals surface area contributed by atoms with Crippen LogP contribution in [0.1, 0.15) is 22.8 Å². The van der Waals surface area contributed by atoms with Gasteiger partial charge in [0.25, 0.3) is 0 Å². The lowest BCUT2D eigenvalue weighted by atomic mass is 10.0. The average Bonchev–Trinajstić information content (AvgIpc) is 2.16. The Hall–Kier alpha value is -2.04. The van der Waals surface area contributed by atoms with Gasteiger partial charge in [-0.25, -0.2) is 9.59 Å². The standard InChI is InChI=1S/C11H13NO4/c1-7(16-11(12)15)6-8-4-2-3-5-9(8)10(13)14/h2-5,7H,6H2,1H3,(H2,12,15)(H,13,14). The fourth-order valence-corrected chi connectivity index (χ4v) is 1.46. The molecule has 1 atom stereocenters. The first-order valence-electron chi connectivity index (χ1n) is 4.78. The first-order chi connectivity index (χ1) is 7.50. The van der Waals surface area contributed by atoms with Crippen LogP contribution in [0.15, 0.2) is 24.3 Å². The number of nitrogens with two attached hydrogens (primary N) is 1. The summed E-state index contributed by atoms with van der Waals surface area (Å²) in [5.74, 6) is -0.998. The minimum atomic E-state index is -0.998. The lowest BCUT2D eigenvalue weighted by molar-refractivity contribution is 0.0695.